The summed E-state index contributed by atoms with van der Waals surface area (Å²) < 4.78 is 9.11. The molecule has 4 nitrogen and oxygen atoms in total. The fourth-order valence-electron chi connectivity index (χ4n) is 13.7. The van der Waals surface area contributed by atoms with E-state index in [4.69, 9.17) is 0 Å². The van der Waals surface area contributed by atoms with E-state index in [1.165, 1.54) is 192 Å². The molecule has 0 bridgehead atoms. The molecule has 4 aromatic heterocycles. The van der Waals surface area contributed by atoms with E-state index in [0.717, 1.165) is 23.7 Å². The zero-order valence-corrected chi connectivity index (χ0v) is 49.4. The summed E-state index contributed by atoms with van der Waals surface area (Å²) >= 11 is 0. The van der Waals surface area contributed by atoms with Crippen LogP contribution in [0.15, 0.2) is 158 Å². The molecule has 8 aromatic rings. The zero-order valence-electron chi connectivity index (χ0n) is 49.4. The Labute approximate surface area is 470 Å². The third-order valence-corrected chi connectivity index (χ3v) is 18.3. The van der Waals surface area contributed by atoms with Gasteiger partial charge < -0.3 is 0 Å². The zero-order chi connectivity index (χ0) is 54.7. The van der Waals surface area contributed by atoms with Gasteiger partial charge in [-0.2, -0.15) is 0 Å². The maximum Gasteiger partial charge on any atom is 0.212 e. The molecule has 0 N–H and O–H groups in total. The summed E-state index contributed by atoms with van der Waals surface area (Å²) in [4.78, 5) is 0. The number of aromatic nitrogens is 4. The van der Waals surface area contributed by atoms with Gasteiger partial charge in [0.2, 0.25) is 22.8 Å². The molecule has 4 aliphatic carbocycles. The monoisotopic (exact) mass is 1040 g/mol. The van der Waals surface area contributed by atoms with Crippen molar-refractivity contribution in [3.63, 3.8) is 0 Å². The molecule has 4 aliphatic rings. The van der Waals surface area contributed by atoms with Gasteiger partial charge in [0.15, 0.2) is 24.8 Å². The Morgan fingerprint density at radius 1 is 0.282 bits per heavy atom. The van der Waals surface area contributed by atoms with Crippen LogP contribution in [0.4, 0.5) is 0 Å². The second-order valence-corrected chi connectivity index (χ2v) is 23.9. The SMILES string of the molecule is Cc1ccccc1-c1cc(C)c(C2CCCC2)c[n+]1C.Cc1ccccc1-c1cc(C2CCCC2)c(C)c[n+]1C.Cc1ccccc1-c1cc(C2CCCC2)cc[n+]1C.Cc1ccccc1-c1ccc(C2CCCC2)c[n+]1C. The summed E-state index contributed by atoms with van der Waals surface area (Å²) in [6.07, 6.45) is 31.3. The Balaban J connectivity index is 0.000000126. The number of pyridine rings is 4. The maximum absolute atomic E-state index is 2.44. The number of hydrogen-bond acceptors (Lipinski definition) is 0. The van der Waals surface area contributed by atoms with E-state index in [2.05, 4.69) is 246 Å². The average molecular weight is 1040 g/mol. The van der Waals surface area contributed by atoms with Gasteiger partial charge in [0, 0.05) is 69.3 Å². The van der Waals surface area contributed by atoms with Crippen LogP contribution in [-0.2, 0) is 28.2 Å². The van der Waals surface area contributed by atoms with Crippen LogP contribution in [0.3, 0.4) is 0 Å². The third kappa shape index (κ3) is 13.5. The van der Waals surface area contributed by atoms with Crippen molar-refractivity contribution >= 4 is 0 Å². The van der Waals surface area contributed by atoms with Gasteiger partial charge in [0.05, 0.1) is 0 Å². The minimum absolute atomic E-state index is 0.777. The lowest BCUT2D eigenvalue weighted by Crippen LogP contribution is -2.32. The molecule has 4 heterocycles. The smallest absolute Gasteiger partial charge is 0.201 e. The largest absolute Gasteiger partial charge is 0.212 e. The molecule has 4 aromatic carbocycles. The first-order valence-corrected chi connectivity index (χ1v) is 30.1. The highest BCUT2D eigenvalue weighted by atomic mass is 14.9. The predicted octanol–water partition coefficient (Wildman–Crippen LogP) is 17.2. The molecule has 0 spiro atoms. The van der Waals surface area contributed by atoms with Crippen molar-refractivity contribution in [2.24, 2.45) is 28.2 Å². The Bertz CT molecular complexity index is 3280. The van der Waals surface area contributed by atoms with Gasteiger partial charge >= 0.3 is 0 Å². The van der Waals surface area contributed by atoms with E-state index in [-0.39, 0.29) is 0 Å². The Morgan fingerprint density at radius 2 is 0.654 bits per heavy atom. The predicted molar refractivity (Wildman–Crippen MR) is 325 cm³/mol. The van der Waals surface area contributed by atoms with E-state index in [0.29, 0.717) is 0 Å². The van der Waals surface area contributed by atoms with Crippen LogP contribution >= 0.6 is 0 Å². The van der Waals surface area contributed by atoms with Crippen molar-refractivity contribution in [3.05, 3.63) is 214 Å². The van der Waals surface area contributed by atoms with E-state index >= 15 is 0 Å². The molecular weight excluding hydrogens is 945 g/mol. The van der Waals surface area contributed by atoms with Crippen molar-refractivity contribution in [2.45, 2.75) is 168 Å². The summed E-state index contributed by atoms with van der Waals surface area (Å²) in [6, 6.07) is 48.7. The number of nitrogens with zero attached hydrogens (tertiary/aromatic N) is 4. The lowest BCUT2D eigenvalue weighted by Gasteiger charge is -2.14. The van der Waals surface area contributed by atoms with Gasteiger partial charge in [-0.3, -0.25) is 0 Å². The van der Waals surface area contributed by atoms with Crippen molar-refractivity contribution < 1.29 is 18.3 Å². The number of rotatable bonds is 8. The van der Waals surface area contributed by atoms with Gasteiger partial charge in [-0.25, -0.2) is 18.3 Å². The standard InChI is InChI=1S/2C19H24N.2C18H22N/c1-14-8-4-7-11-17(14)19-12-18(15(2)13-20(19)3)16-9-5-6-10-16;1-14-8-4-7-11-17(14)19-12-15(2)18(13-20(19)3)16-9-5-6-10-16;1-14-7-3-6-10-17(14)18-13-16(11-12-19(18)2)15-8-4-5-9-15;1-14-7-3-6-10-17(14)18-12-11-16(13-19(18)2)15-8-4-5-9-15/h2*4,7-8,11-13,16H,5-6,9-10H2,1-3H3;2*3,6-7,10-13,15H,4-5,8-9H2,1-2H3/q4*+1. The van der Waals surface area contributed by atoms with Crippen molar-refractivity contribution in [3.8, 4) is 45.0 Å². The summed E-state index contributed by atoms with van der Waals surface area (Å²) in [5.74, 6) is 3.13. The summed E-state index contributed by atoms with van der Waals surface area (Å²) in [5.41, 5.74) is 25.1. The van der Waals surface area contributed by atoms with Crippen molar-refractivity contribution in [2.75, 3.05) is 0 Å². The van der Waals surface area contributed by atoms with Crippen LogP contribution in [-0.4, -0.2) is 0 Å². The van der Waals surface area contributed by atoms with Crippen LogP contribution in [0.5, 0.6) is 0 Å². The second kappa shape index (κ2) is 26.4. The Hall–Kier alpha value is -6.52. The molecule has 12 rings (SSSR count). The van der Waals surface area contributed by atoms with E-state index in [1.54, 1.807) is 11.1 Å². The van der Waals surface area contributed by atoms with Crippen LogP contribution in [0.1, 0.15) is 182 Å². The molecule has 0 unspecified atom stereocenters. The Kier molecular flexibility index (Phi) is 19.0. The maximum atomic E-state index is 2.44. The normalized spacial score (nSPS) is 15.8. The average Bonchev–Trinajstić information content (AvgIpc) is 4.39. The Morgan fingerprint density at radius 3 is 1.12 bits per heavy atom. The van der Waals surface area contributed by atoms with Crippen LogP contribution in [0.2, 0.25) is 0 Å². The molecule has 0 aliphatic heterocycles. The van der Waals surface area contributed by atoms with Crippen LogP contribution < -0.4 is 18.3 Å². The molecule has 4 saturated carbocycles. The molecule has 78 heavy (non-hydrogen) atoms. The molecule has 4 heteroatoms. The fourth-order valence-corrected chi connectivity index (χ4v) is 13.7. The highest BCUT2D eigenvalue weighted by molar-refractivity contribution is 5.64. The van der Waals surface area contributed by atoms with Crippen LogP contribution in [0, 0.1) is 41.5 Å². The summed E-state index contributed by atoms with van der Waals surface area (Å²) in [5, 5.41) is 0. The van der Waals surface area contributed by atoms with Crippen molar-refractivity contribution in [1.29, 1.82) is 0 Å². The molecule has 404 valence electrons. The minimum Gasteiger partial charge on any atom is -0.201 e. The minimum atomic E-state index is 0.777. The van der Waals surface area contributed by atoms with E-state index in [1.807, 2.05) is 0 Å². The molecule has 0 amide bonds. The lowest BCUT2D eigenvalue weighted by molar-refractivity contribution is -0.661. The lowest BCUT2D eigenvalue weighted by atomic mass is 9.92. The van der Waals surface area contributed by atoms with E-state index in [9.17, 15) is 0 Å². The number of aryl methyl sites for hydroxylation is 10. The van der Waals surface area contributed by atoms with Gasteiger partial charge in [-0.1, -0.05) is 124 Å². The highest BCUT2D eigenvalue weighted by Crippen LogP contribution is 2.39. The molecule has 0 radical (unpaired) electrons. The van der Waals surface area contributed by atoms with Crippen molar-refractivity contribution in [1.82, 2.24) is 0 Å². The van der Waals surface area contributed by atoms with Crippen LogP contribution in [0.25, 0.3) is 45.0 Å². The summed E-state index contributed by atoms with van der Waals surface area (Å²) in [6.45, 7) is 13.3. The summed E-state index contributed by atoms with van der Waals surface area (Å²) in [7, 11) is 8.65. The fraction of sp³-hybridized carbons (Fsp3) is 0.405. The first-order valence-electron chi connectivity index (χ1n) is 30.1. The first-order chi connectivity index (χ1) is 37.8. The van der Waals surface area contributed by atoms with Gasteiger partial charge in [-0.15, -0.1) is 0 Å². The molecular formula is C74H92N4+4. The highest BCUT2D eigenvalue weighted by Gasteiger charge is 2.27. The van der Waals surface area contributed by atoms with Gasteiger partial charge in [0.25, 0.3) is 0 Å². The number of benzene rings is 4. The van der Waals surface area contributed by atoms with E-state index < -0.39 is 0 Å². The topological polar surface area (TPSA) is 15.5 Å². The third-order valence-electron chi connectivity index (χ3n) is 18.3. The number of hydrogen-bond donors (Lipinski definition) is 0. The van der Waals surface area contributed by atoms with Gasteiger partial charge in [-0.05, 0) is 186 Å². The molecule has 4 fully saturated rings. The molecule has 0 atom stereocenters. The quantitative estimate of drug-likeness (QED) is 0.135. The molecule has 0 saturated heterocycles. The second-order valence-electron chi connectivity index (χ2n) is 23.9. The first kappa shape index (κ1) is 56.2. The van der Waals surface area contributed by atoms with Gasteiger partial charge in [0.1, 0.15) is 28.2 Å².